The van der Waals surface area contributed by atoms with Gasteiger partial charge >= 0.3 is 0 Å². The molecule has 0 aliphatic rings. The van der Waals surface area contributed by atoms with E-state index in [1.807, 2.05) is 28.5 Å². The Morgan fingerprint density at radius 1 is 0.455 bits per heavy atom. The molecule has 2 unspecified atom stereocenters. The third-order valence-corrected chi connectivity index (χ3v) is 17.5. The van der Waals surface area contributed by atoms with Crippen molar-refractivity contribution in [1.29, 1.82) is 0 Å². The van der Waals surface area contributed by atoms with Crippen molar-refractivity contribution in [2.75, 3.05) is 49.3 Å². The molecule has 4 atom stereocenters. The van der Waals surface area contributed by atoms with Crippen LogP contribution in [-0.2, 0) is 14.4 Å². The van der Waals surface area contributed by atoms with Crippen molar-refractivity contribution in [3.63, 3.8) is 0 Å². The van der Waals surface area contributed by atoms with E-state index in [0.717, 1.165) is 62.9 Å². The number of hydrogen-bond acceptors (Lipinski definition) is 10. The zero-order chi connectivity index (χ0) is 49.0. The fourth-order valence-electron chi connectivity index (χ4n) is 7.56. The zero-order valence-electron chi connectivity index (χ0n) is 43.6. The molecule has 0 rings (SSSR count). The lowest BCUT2D eigenvalue weighted by atomic mass is 10.0. The van der Waals surface area contributed by atoms with Gasteiger partial charge in [0.1, 0.15) is 6.04 Å². The average Bonchev–Trinajstić information content (AvgIpc) is 3.33. The lowest BCUT2D eigenvalue weighted by Gasteiger charge is -2.18. The minimum atomic E-state index is -0.470. The molecule has 66 heavy (non-hydrogen) atoms. The summed E-state index contributed by atoms with van der Waals surface area (Å²) in [7, 11) is 7.09. The molecule has 3 amide bonds. The summed E-state index contributed by atoms with van der Waals surface area (Å²) in [5.41, 5.74) is 6.00. The van der Waals surface area contributed by atoms with Crippen molar-refractivity contribution in [3.8, 4) is 0 Å². The second kappa shape index (κ2) is 55.6. The Morgan fingerprint density at radius 3 is 1.18 bits per heavy atom. The third kappa shape index (κ3) is 48.7. The molecule has 0 fully saturated rings. The highest BCUT2D eigenvalue weighted by atomic mass is 33.1. The van der Waals surface area contributed by atoms with Crippen molar-refractivity contribution in [2.45, 2.75) is 259 Å². The van der Waals surface area contributed by atoms with Crippen molar-refractivity contribution >= 4 is 60.9 Å². The highest BCUT2D eigenvalue weighted by Gasteiger charge is 2.20. The van der Waals surface area contributed by atoms with E-state index in [2.05, 4.69) is 43.6 Å². The summed E-state index contributed by atoms with van der Waals surface area (Å²) < 4.78 is 0. The van der Waals surface area contributed by atoms with Gasteiger partial charge in [-0.2, -0.15) is 0 Å². The van der Waals surface area contributed by atoms with E-state index in [4.69, 9.17) is 5.73 Å². The summed E-state index contributed by atoms with van der Waals surface area (Å²) in [5, 5.41) is 27.3. The lowest BCUT2D eigenvalue weighted by Crippen LogP contribution is -2.48. The molecule has 0 bridgehead atoms. The Balaban J connectivity index is 0. The van der Waals surface area contributed by atoms with E-state index >= 15 is 0 Å². The Hall–Kier alpha value is -0.310. The van der Waals surface area contributed by atoms with Gasteiger partial charge in [-0.3, -0.25) is 14.4 Å². The van der Waals surface area contributed by atoms with E-state index in [-0.39, 0.29) is 30.9 Å². The maximum atomic E-state index is 12.6. The molecule has 0 radical (unpaired) electrons. The predicted molar refractivity (Wildman–Crippen MR) is 298 cm³/mol. The molecule has 0 heterocycles. The van der Waals surface area contributed by atoms with Crippen molar-refractivity contribution in [2.24, 2.45) is 17.6 Å². The summed E-state index contributed by atoms with van der Waals surface area (Å²) in [6, 6.07) is -0.886. The molecule has 0 saturated carbocycles. The summed E-state index contributed by atoms with van der Waals surface area (Å²) in [6.07, 6.45) is 41.2. The second-order valence-electron chi connectivity index (χ2n) is 18.6. The molecule has 7 N–H and O–H groups in total. The number of aliphatic hydroxyl groups is 2. The van der Waals surface area contributed by atoms with Crippen molar-refractivity contribution < 1.29 is 24.6 Å². The highest BCUT2D eigenvalue weighted by molar-refractivity contribution is 8.77. The second-order valence-corrected chi connectivity index (χ2v) is 23.8. The minimum Gasteiger partial charge on any atom is -0.396 e. The Kier molecular flexibility index (Phi) is 57.1. The predicted octanol–water partition coefficient (Wildman–Crippen LogP) is 14.0. The molecule has 0 aromatic heterocycles. The Bertz CT molecular complexity index is 1030. The number of hydrogen-bond donors (Lipinski definition) is 6. The molecule has 0 aliphatic carbocycles. The SMILES string of the molecule is CCCCCCCCCCCCCCSSC[C@H](N)C(=O)NCCCCC(CC)CO.CCCCCCCCCCCCCCSSC[C@H](NC(=O)CC)C(=O)NCCCCC(CC)CO. The number of nitrogens with two attached hydrogens (primary N) is 1. The first-order valence-corrected chi connectivity index (χ1v) is 32.5. The topological polar surface area (TPSA) is 154 Å². The molecule has 0 saturated heterocycles. The first-order valence-electron chi connectivity index (χ1n) is 27.5. The first-order chi connectivity index (χ1) is 32.2. The number of carbonyl (C=O) groups excluding carboxylic acids is 3. The maximum absolute atomic E-state index is 12.6. The first kappa shape index (κ1) is 67.8. The minimum absolute atomic E-state index is 0.0346. The smallest absolute Gasteiger partial charge is 0.243 e. The van der Waals surface area contributed by atoms with Gasteiger partial charge in [0, 0.05) is 55.7 Å². The van der Waals surface area contributed by atoms with Crippen molar-refractivity contribution in [1.82, 2.24) is 16.0 Å². The molecule has 9 nitrogen and oxygen atoms in total. The van der Waals surface area contributed by atoms with Crippen LogP contribution in [0, 0.1) is 11.8 Å². The molecule has 0 aromatic carbocycles. The summed E-state index contributed by atoms with van der Waals surface area (Å²) in [6.45, 7) is 12.4. The van der Waals surface area contributed by atoms with Gasteiger partial charge in [0.25, 0.3) is 0 Å². The maximum Gasteiger partial charge on any atom is 0.243 e. The molecule has 0 aromatic rings. The quantitative estimate of drug-likeness (QED) is 0.0256. The van der Waals surface area contributed by atoms with Gasteiger partial charge in [-0.25, -0.2) is 0 Å². The fraction of sp³-hybridized carbons (Fsp3) is 0.943. The summed E-state index contributed by atoms with van der Waals surface area (Å²) in [5.74, 6) is 4.09. The van der Waals surface area contributed by atoms with Crippen LogP contribution in [0.5, 0.6) is 0 Å². The average molecular weight is 1010 g/mol. The van der Waals surface area contributed by atoms with Crippen LogP contribution in [0.3, 0.4) is 0 Å². The van der Waals surface area contributed by atoms with Crippen LogP contribution < -0.4 is 21.7 Å². The monoisotopic (exact) mass is 1010 g/mol. The van der Waals surface area contributed by atoms with Crippen LogP contribution in [0.25, 0.3) is 0 Å². The van der Waals surface area contributed by atoms with E-state index in [9.17, 15) is 24.6 Å². The lowest BCUT2D eigenvalue weighted by molar-refractivity contribution is -0.128. The highest BCUT2D eigenvalue weighted by Crippen LogP contribution is 2.25. The van der Waals surface area contributed by atoms with Crippen LogP contribution in [-0.4, -0.2) is 89.3 Å². The van der Waals surface area contributed by atoms with Crippen LogP contribution >= 0.6 is 43.2 Å². The molecule has 13 heteroatoms. The van der Waals surface area contributed by atoms with Crippen LogP contribution in [0.1, 0.15) is 247 Å². The van der Waals surface area contributed by atoms with E-state index in [1.165, 1.54) is 154 Å². The number of amides is 3. The molecule has 0 spiro atoms. The van der Waals surface area contributed by atoms with E-state index in [1.54, 1.807) is 21.6 Å². The van der Waals surface area contributed by atoms with E-state index < -0.39 is 12.1 Å². The van der Waals surface area contributed by atoms with Gasteiger partial charge in [-0.15, -0.1) is 0 Å². The molecule has 394 valence electrons. The van der Waals surface area contributed by atoms with Gasteiger partial charge in [0.15, 0.2) is 0 Å². The van der Waals surface area contributed by atoms with E-state index in [0.29, 0.717) is 42.9 Å². The van der Waals surface area contributed by atoms with Gasteiger partial charge in [-0.1, -0.05) is 245 Å². The van der Waals surface area contributed by atoms with Gasteiger partial charge in [-0.05, 0) is 50.4 Å². The number of rotatable bonds is 50. The Labute approximate surface area is 424 Å². The standard InChI is InChI=1S/C28H56N2O3S2.C25H52N2O2S2/c1-4-7-8-9-10-11-12-13-14-15-16-19-22-34-35-24-26(30-27(32)6-3)28(33)29-21-18-17-20-25(5-2)23-31;1-3-5-6-7-8-9-10-11-12-13-14-17-20-30-31-22-24(26)25(29)27-19-16-15-18-23(4-2)21-28/h25-26,31H,4-24H2,1-3H3,(H,29,33)(H,30,32);23-24,28H,3-22,26H2,1-2H3,(H,27,29)/t25?,26-;23?,24-/m00/s1. The summed E-state index contributed by atoms with van der Waals surface area (Å²) in [4.78, 5) is 36.5. The number of unbranched alkanes of at least 4 members (excludes halogenated alkanes) is 24. The van der Waals surface area contributed by atoms with Gasteiger partial charge in [0.05, 0.1) is 6.04 Å². The van der Waals surface area contributed by atoms with Crippen LogP contribution in [0.4, 0.5) is 0 Å². The normalized spacial score (nSPS) is 13.1. The number of nitrogens with one attached hydrogen (secondary N) is 3. The van der Waals surface area contributed by atoms with Crippen LogP contribution in [0.15, 0.2) is 0 Å². The third-order valence-electron chi connectivity index (χ3n) is 12.5. The number of aliphatic hydroxyl groups excluding tert-OH is 2. The largest absolute Gasteiger partial charge is 0.396 e. The van der Waals surface area contributed by atoms with Crippen LogP contribution in [0.2, 0.25) is 0 Å². The van der Waals surface area contributed by atoms with Gasteiger partial charge < -0.3 is 31.9 Å². The molecule has 0 aliphatic heterocycles. The Morgan fingerprint density at radius 2 is 0.818 bits per heavy atom. The molecular weight excluding hydrogens is 901 g/mol. The number of carbonyl (C=O) groups is 3. The van der Waals surface area contributed by atoms with Gasteiger partial charge in [0.2, 0.25) is 17.7 Å². The summed E-state index contributed by atoms with van der Waals surface area (Å²) >= 11 is 0. The zero-order valence-corrected chi connectivity index (χ0v) is 46.9. The molecular formula is C53H108N4O5S4. The van der Waals surface area contributed by atoms with Crippen molar-refractivity contribution in [3.05, 3.63) is 0 Å². The fourth-order valence-corrected chi connectivity index (χ4v) is 12.1.